The van der Waals surface area contributed by atoms with Crippen molar-refractivity contribution in [1.29, 1.82) is 0 Å². The predicted octanol–water partition coefficient (Wildman–Crippen LogP) is 2.56. The number of aryl methyl sites for hydroxylation is 2. The van der Waals surface area contributed by atoms with Gasteiger partial charge in [0.25, 0.3) is 0 Å². The van der Waals surface area contributed by atoms with Crippen LogP contribution in [-0.4, -0.2) is 15.8 Å². The Balaban J connectivity index is 1.86. The molecule has 3 N–H and O–H groups in total. The summed E-state index contributed by atoms with van der Waals surface area (Å²) in [6.45, 7) is 3.55. The molecule has 1 saturated heterocycles. The Morgan fingerprint density at radius 2 is 2.00 bits per heavy atom. The number of anilines is 1. The molecule has 1 fully saturated rings. The van der Waals surface area contributed by atoms with Gasteiger partial charge in [-0.3, -0.25) is 0 Å². The van der Waals surface area contributed by atoms with Crippen LogP contribution in [0.25, 0.3) is 5.69 Å². The van der Waals surface area contributed by atoms with Crippen LogP contribution in [0.2, 0.25) is 0 Å². The lowest BCUT2D eigenvalue weighted by atomic mass is 10.0. The van der Waals surface area contributed by atoms with Crippen molar-refractivity contribution in [2.24, 2.45) is 0 Å². The molecule has 0 saturated carbocycles. The van der Waals surface area contributed by atoms with Gasteiger partial charge in [-0.2, -0.15) is 5.10 Å². The van der Waals surface area contributed by atoms with Gasteiger partial charge in [-0.05, 0) is 49.9 Å². The number of nitrogens with zero attached hydrogens (tertiary/aromatic N) is 2. The van der Waals surface area contributed by atoms with Gasteiger partial charge in [0, 0.05) is 24.1 Å². The minimum absolute atomic E-state index is 0.157. The zero-order chi connectivity index (χ0) is 14.7. The molecule has 0 amide bonds. The molecule has 110 valence electrons. The fourth-order valence-corrected chi connectivity index (χ4v) is 3.70. The van der Waals surface area contributed by atoms with Gasteiger partial charge >= 0.3 is 0 Å². The van der Waals surface area contributed by atoms with Gasteiger partial charge < -0.3 is 11.1 Å². The third-order valence-electron chi connectivity index (χ3n) is 4.73. The Kier molecular flexibility index (Phi) is 2.63. The van der Waals surface area contributed by atoms with Crippen molar-refractivity contribution < 1.29 is 4.39 Å². The van der Waals surface area contributed by atoms with E-state index in [2.05, 4.69) is 5.32 Å². The van der Waals surface area contributed by atoms with Crippen LogP contribution in [0.3, 0.4) is 0 Å². The molecule has 2 aliphatic rings. The minimum atomic E-state index is -0.157. The molecular weight excluding hydrogens is 267 g/mol. The summed E-state index contributed by atoms with van der Waals surface area (Å²) in [5.74, 6) is 0.531. The van der Waals surface area contributed by atoms with E-state index in [4.69, 9.17) is 10.8 Å². The number of nitrogens with two attached hydrogens (primary N) is 1. The molecule has 1 aromatic carbocycles. The second-order valence-electron chi connectivity index (χ2n) is 6.25. The van der Waals surface area contributed by atoms with Gasteiger partial charge in [0.05, 0.1) is 11.4 Å². The summed E-state index contributed by atoms with van der Waals surface area (Å²) >= 11 is 0. The largest absolute Gasteiger partial charge is 0.383 e. The lowest BCUT2D eigenvalue weighted by molar-refractivity contribution is 0.511. The molecule has 2 bridgehead atoms. The normalized spacial score (nSPS) is 23.4. The number of benzene rings is 1. The summed E-state index contributed by atoms with van der Waals surface area (Å²) in [6.07, 6.45) is 3.24. The first-order chi connectivity index (χ1) is 10.0. The van der Waals surface area contributed by atoms with E-state index in [0.29, 0.717) is 29.0 Å². The quantitative estimate of drug-likeness (QED) is 0.847. The van der Waals surface area contributed by atoms with Crippen LogP contribution in [0.1, 0.15) is 41.3 Å². The topological polar surface area (TPSA) is 55.9 Å². The molecule has 2 aromatic rings. The highest BCUT2D eigenvalue weighted by molar-refractivity contribution is 5.54. The van der Waals surface area contributed by atoms with E-state index in [1.54, 1.807) is 18.5 Å². The van der Waals surface area contributed by atoms with Crippen LogP contribution >= 0.6 is 0 Å². The molecule has 1 aromatic heterocycles. The molecule has 3 heterocycles. The van der Waals surface area contributed by atoms with Gasteiger partial charge in [-0.25, -0.2) is 9.07 Å². The van der Waals surface area contributed by atoms with Crippen molar-refractivity contribution >= 4 is 5.82 Å². The first-order valence-corrected chi connectivity index (χ1v) is 7.45. The van der Waals surface area contributed by atoms with Crippen molar-refractivity contribution in [3.05, 3.63) is 40.3 Å². The maximum atomic E-state index is 13.8. The van der Waals surface area contributed by atoms with E-state index >= 15 is 0 Å². The van der Waals surface area contributed by atoms with Crippen molar-refractivity contribution in [2.75, 3.05) is 5.73 Å². The zero-order valence-corrected chi connectivity index (χ0v) is 12.3. The summed E-state index contributed by atoms with van der Waals surface area (Å²) in [5.41, 5.74) is 10.7. The SMILES string of the molecule is Cc1cc(-n2nc3c(c2N)C2CC[C@@H](C3)N2)cc(C)c1F. The maximum absolute atomic E-state index is 13.8. The first-order valence-electron chi connectivity index (χ1n) is 7.45. The molecular formula is C16H19FN4. The Hall–Kier alpha value is -1.88. The van der Waals surface area contributed by atoms with E-state index in [0.717, 1.165) is 29.8 Å². The summed E-state index contributed by atoms with van der Waals surface area (Å²) in [6, 6.07) is 4.48. The van der Waals surface area contributed by atoms with Crippen molar-refractivity contribution in [1.82, 2.24) is 15.1 Å². The third kappa shape index (κ3) is 1.80. The molecule has 2 aliphatic heterocycles. The van der Waals surface area contributed by atoms with Crippen LogP contribution in [0.4, 0.5) is 10.2 Å². The second-order valence-corrected chi connectivity index (χ2v) is 6.25. The summed E-state index contributed by atoms with van der Waals surface area (Å²) in [4.78, 5) is 0. The highest BCUT2D eigenvalue weighted by Crippen LogP contribution is 2.39. The summed E-state index contributed by atoms with van der Waals surface area (Å²) < 4.78 is 15.6. The Morgan fingerprint density at radius 1 is 1.29 bits per heavy atom. The third-order valence-corrected chi connectivity index (χ3v) is 4.73. The van der Waals surface area contributed by atoms with Gasteiger partial charge in [-0.15, -0.1) is 0 Å². The minimum Gasteiger partial charge on any atom is -0.383 e. The molecule has 21 heavy (non-hydrogen) atoms. The Bertz CT molecular complexity index is 711. The fraction of sp³-hybridized carbons (Fsp3) is 0.438. The van der Waals surface area contributed by atoms with Crippen molar-refractivity contribution in [2.45, 2.75) is 45.2 Å². The van der Waals surface area contributed by atoms with Gasteiger partial charge in [0.15, 0.2) is 0 Å². The van der Waals surface area contributed by atoms with Crippen LogP contribution in [-0.2, 0) is 6.42 Å². The van der Waals surface area contributed by atoms with Gasteiger partial charge in [0.1, 0.15) is 11.6 Å². The number of nitrogen functional groups attached to an aromatic ring is 1. The lowest BCUT2D eigenvalue weighted by Crippen LogP contribution is -2.31. The van der Waals surface area contributed by atoms with Crippen molar-refractivity contribution in [3.8, 4) is 5.69 Å². The molecule has 2 atom stereocenters. The monoisotopic (exact) mass is 286 g/mol. The highest BCUT2D eigenvalue weighted by atomic mass is 19.1. The van der Waals surface area contributed by atoms with Crippen LogP contribution in [0, 0.1) is 19.7 Å². The number of halogens is 1. The average molecular weight is 286 g/mol. The van der Waals surface area contributed by atoms with E-state index in [9.17, 15) is 4.39 Å². The highest BCUT2D eigenvalue weighted by Gasteiger charge is 2.36. The van der Waals surface area contributed by atoms with Crippen LogP contribution in [0.15, 0.2) is 12.1 Å². The first kappa shape index (κ1) is 12.8. The lowest BCUT2D eigenvalue weighted by Gasteiger charge is -2.20. The zero-order valence-electron chi connectivity index (χ0n) is 12.3. The fourth-order valence-electron chi connectivity index (χ4n) is 3.70. The Labute approximate surface area is 123 Å². The summed E-state index contributed by atoms with van der Waals surface area (Å²) in [5, 5.41) is 8.29. The van der Waals surface area contributed by atoms with Crippen LogP contribution in [0.5, 0.6) is 0 Å². The number of hydrogen-bond acceptors (Lipinski definition) is 3. The Morgan fingerprint density at radius 3 is 2.71 bits per heavy atom. The second kappa shape index (κ2) is 4.31. The van der Waals surface area contributed by atoms with E-state index in [1.165, 1.54) is 6.42 Å². The standard InChI is InChI=1S/C16H19FN4/c1-8-5-11(6-9(2)15(8)17)21-16(18)14-12-4-3-10(19-12)7-13(14)20-21/h5-6,10,12,19H,3-4,7,18H2,1-2H3/t10-,12?/m0/s1. The van der Waals surface area contributed by atoms with E-state index in [1.807, 2.05) is 12.1 Å². The molecule has 0 radical (unpaired) electrons. The maximum Gasteiger partial charge on any atom is 0.132 e. The number of aromatic nitrogens is 2. The van der Waals surface area contributed by atoms with Crippen molar-refractivity contribution in [3.63, 3.8) is 0 Å². The molecule has 0 spiro atoms. The molecule has 4 nitrogen and oxygen atoms in total. The molecule has 5 heteroatoms. The number of rotatable bonds is 1. The van der Waals surface area contributed by atoms with Gasteiger partial charge in [-0.1, -0.05) is 0 Å². The van der Waals surface area contributed by atoms with Gasteiger partial charge in [0.2, 0.25) is 0 Å². The summed E-state index contributed by atoms with van der Waals surface area (Å²) in [7, 11) is 0. The number of nitrogens with one attached hydrogen (secondary N) is 1. The predicted molar refractivity (Wildman–Crippen MR) is 80.0 cm³/mol. The molecule has 1 unspecified atom stereocenters. The number of hydrogen-bond donors (Lipinski definition) is 2. The van der Waals surface area contributed by atoms with E-state index in [-0.39, 0.29) is 5.82 Å². The molecule has 0 aliphatic carbocycles. The smallest absolute Gasteiger partial charge is 0.132 e. The van der Waals surface area contributed by atoms with Crippen LogP contribution < -0.4 is 11.1 Å². The number of fused-ring (bicyclic) bond motifs is 4. The molecule has 4 rings (SSSR count). The average Bonchev–Trinajstić information content (AvgIpc) is 2.98. The van der Waals surface area contributed by atoms with E-state index < -0.39 is 0 Å².